The molecule has 2 aromatic rings. The Morgan fingerprint density at radius 1 is 1.17 bits per heavy atom. The summed E-state index contributed by atoms with van der Waals surface area (Å²) >= 11 is 6.14. The van der Waals surface area contributed by atoms with E-state index in [4.69, 9.17) is 17.3 Å². The van der Waals surface area contributed by atoms with Crippen LogP contribution in [0.2, 0.25) is 5.02 Å². The highest BCUT2D eigenvalue weighted by Gasteiger charge is 2.02. The van der Waals surface area contributed by atoms with Crippen LogP contribution in [0.5, 0.6) is 0 Å². The molecule has 0 atom stereocenters. The first kappa shape index (κ1) is 13.1. The van der Waals surface area contributed by atoms with E-state index in [-0.39, 0.29) is 0 Å². The second-order valence-electron chi connectivity index (χ2n) is 4.32. The third kappa shape index (κ3) is 3.09. The summed E-state index contributed by atoms with van der Waals surface area (Å²) in [6.45, 7) is 2.60. The smallest absolute Gasteiger partial charge is 0.0453 e. The van der Waals surface area contributed by atoms with Crippen molar-refractivity contribution in [3.63, 3.8) is 0 Å². The average Bonchev–Trinajstić information content (AvgIpc) is 2.40. The minimum atomic E-state index is 0.475. The van der Waals surface area contributed by atoms with Crippen molar-refractivity contribution in [1.82, 2.24) is 4.98 Å². The third-order valence-electron chi connectivity index (χ3n) is 3.02. The summed E-state index contributed by atoms with van der Waals surface area (Å²) in [5, 5.41) is 0.736. The molecule has 0 bridgehead atoms. The van der Waals surface area contributed by atoms with Crippen LogP contribution in [-0.4, -0.2) is 4.98 Å². The SMILES string of the molecule is CCc1ccc(Cc2ccc(CN)c(Cl)c2)nc1. The van der Waals surface area contributed by atoms with E-state index in [1.165, 1.54) is 5.56 Å². The van der Waals surface area contributed by atoms with Crippen LogP contribution in [0.25, 0.3) is 0 Å². The summed E-state index contributed by atoms with van der Waals surface area (Å²) in [6.07, 6.45) is 3.75. The maximum Gasteiger partial charge on any atom is 0.0453 e. The highest BCUT2D eigenvalue weighted by Crippen LogP contribution is 2.19. The molecule has 0 radical (unpaired) electrons. The number of nitrogens with zero attached hydrogens (tertiary/aromatic N) is 1. The zero-order valence-corrected chi connectivity index (χ0v) is 11.2. The number of hydrogen-bond donors (Lipinski definition) is 1. The van der Waals surface area contributed by atoms with Crippen LogP contribution in [0.4, 0.5) is 0 Å². The molecule has 1 aromatic heterocycles. The molecule has 18 heavy (non-hydrogen) atoms. The van der Waals surface area contributed by atoms with Gasteiger partial charge in [-0.25, -0.2) is 0 Å². The van der Waals surface area contributed by atoms with Gasteiger partial charge in [0.25, 0.3) is 0 Å². The van der Waals surface area contributed by atoms with Gasteiger partial charge in [0.1, 0.15) is 0 Å². The molecule has 94 valence electrons. The molecule has 1 heterocycles. The van der Waals surface area contributed by atoms with Crippen LogP contribution in [0.3, 0.4) is 0 Å². The average molecular weight is 261 g/mol. The van der Waals surface area contributed by atoms with Crippen molar-refractivity contribution < 1.29 is 0 Å². The Labute approximate surface area is 113 Å². The summed E-state index contributed by atoms with van der Waals surface area (Å²) in [4.78, 5) is 4.45. The third-order valence-corrected chi connectivity index (χ3v) is 3.37. The van der Waals surface area contributed by atoms with Crippen molar-refractivity contribution in [3.05, 3.63) is 63.9 Å². The van der Waals surface area contributed by atoms with Gasteiger partial charge in [0.2, 0.25) is 0 Å². The maximum absolute atomic E-state index is 6.14. The van der Waals surface area contributed by atoms with Gasteiger partial charge in [-0.2, -0.15) is 0 Å². The van der Waals surface area contributed by atoms with Crippen LogP contribution >= 0.6 is 11.6 Å². The fourth-order valence-electron chi connectivity index (χ4n) is 1.84. The predicted molar refractivity (Wildman–Crippen MR) is 75.8 cm³/mol. The highest BCUT2D eigenvalue weighted by molar-refractivity contribution is 6.31. The number of benzene rings is 1. The monoisotopic (exact) mass is 260 g/mol. The number of halogens is 1. The van der Waals surface area contributed by atoms with E-state index in [2.05, 4.69) is 30.1 Å². The van der Waals surface area contributed by atoms with Crippen molar-refractivity contribution >= 4 is 11.6 Å². The molecule has 2 N–H and O–H groups in total. The van der Waals surface area contributed by atoms with Crippen molar-refractivity contribution in [2.75, 3.05) is 0 Å². The number of hydrogen-bond acceptors (Lipinski definition) is 2. The van der Waals surface area contributed by atoms with Gasteiger partial charge in [0, 0.05) is 29.9 Å². The van der Waals surface area contributed by atoms with Crippen LogP contribution in [0.1, 0.15) is 29.3 Å². The minimum Gasteiger partial charge on any atom is -0.326 e. The highest BCUT2D eigenvalue weighted by atomic mass is 35.5. The normalized spacial score (nSPS) is 10.6. The molecular weight excluding hydrogens is 244 g/mol. The molecule has 0 fully saturated rings. The molecule has 0 amide bonds. The molecule has 1 aromatic carbocycles. The molecule has 0 spiro atoms. The number of aromatic nitrogens is 1. The van der Waals surface area contributed by atoms with E-state index in [0.29, 0.717) is 6.54 Å². The van der Waals surface area contributed by atoms with Crippen molar-refractivity contribution in [2.24, 2.45) is 5.73 Å². The lowest BCUT2D eigenvalue weighted by atomic mass is 10.1. The van der Waals surface area contributed by atoms with Gasteiger partial charge in [-0.1, -0.05) is 36.7 Å². The Hall–Kier alpha value is -1.38. The van der Waals surface area contributed by atoms with E-state index in [1.54, 1.807) is 0 Å². The lowest BCUT2D eigenvalue weighted by molar-refractivity contribution is 1.02. The van der Waals surface area contributed by atoms with E-state index >= 15 is 0 Å². The number of pyridine rings is 1. The predicted octanol–water partition coefficient (Wildman–Crippen LogP) is 3.35. The first-order valence-corrected chi connectivity index (χ1v) is 6.52. The van der Waals surface area contributed by atoms with Crippen LogP contribution in [0, 0.1) is 0 Å². The fraction of sp³-hybridized carbons (Fsp3) is 0.267. The molecule has 0 saturated carbocycles. The summed E-state index contributed by atoms with van der Waals surface area (Å²) < 4.78 is 0. The zero-order valence-electron chi connectivity index (χ0n) is 10.5. The van der Waals surface area contributed by atoms with Crippen LogP contribution in [-0.2, 0) is 19.4 Å². The fourth-order valence-corrected chi connectivity index (χ4v) is 2.12. The van der Waals surface area contributed by atoms with Gasteiger partial charge >= 0.3 is 0 Å². The van der Waals surface area contributed by atoms with Gasteiger partial charge in [0.05, 0.1) is 0 Å². The Kier molecular flexibility index (Phi) is 4.34. The first-order chi connectivity index (χ1) is 8.72. The van der Waals surface area contributed by atoms with Gasteiger partial charge < -0.3 is 5.73 Å². The second kappa shape index (κ2) is 5.98. The minimum absolute atomic E-state index is 0.475. The number of rotatable bonds is 4. The van der Waals surface area contributed by atoms with E-state index in [0.717, 1.165) is 34.7 Å². The molecule has 2 nitrogen and oxygen atoms in total. The van der Waals surface area contributed by atoms with Crippen molar-refractivity contribution in [2.45, 2.75) is 26.3 Å². The van der Waals surface area contributed by atoms with Gasteiger partial charge in [-0.15, -0.1) is 0 Å². The summed E-state index contributed by atoms with van der Waals surface area (Å²) in [7, 11) is 0. The lowest BCUT2D eigenvalue weighted by Gasteiger charge is -2.06. The first-order valence-electron chi connectivity index (χ1n) is 6.14. The van der Waals surface area contributed by atoms with Gasteiger partial charge in [-0.05, 0) is 35.2 Å². The molecule has 0 aliphatic heterocycles. The Balaban J connectivity index is 2.15. The van der Waals surface area contributed by atoms with E-state index < -0.39 is 0 Å². The van der Waals surface area contributed by atoms with Crippen molar-refractivity contribution in [1.29, 1.82) is 0 Å². The molecule has 3 heteroatoms. The molecule has 0 unspecified atom stereocenters. The Bertz CT molecular complexity index is 521. The summed E-state index contributed by atoms with van der Waals surface area (Å²) in [5.74, 6) is 0. The molecular formula is C15H17ClN2. The molecule has 0 aliphatic rings. The topological polar surface area (TPSA) is 38.9 Å². The molecule has 2 rings (SSSR count). The molecule has 0 aliphatic carbocycles. The quantitative estimate of drug-likeness (QED) is 0.916. The maximum atomic E-state index is 6.14. The largest absolute Gasteiger partial charge is 0.326 e. The van der Waals surface area contributed by atoms with Crippen LogP contribution < -0.4 is 5.73 Å². The summed E-state index contributed by atoms with van der Waals surface area (Å²) in [6, 6.07) is 10.2. The Morgan fingerprint density at radius 2 is 1.94 bits per heavy atom. The van der Waals surface area contributed by atoms with Gasteiger partial charge in [0.15, 0.2) is 0 Å². The summed E-state index contributed by atoms with van der Waals surface area (Å²) in [5.41, 5.74) is 10.0. The standard InChI is InChI=1S/C15H17ClN2/c1-2-11-4-6-14(18-10-11)7-12-3-5-13(9-17)15(16)8-12/h3-6,8,10H,2,7,9,17H2,1H3. The van der Waals surface area contributed by atoms with Crippen LogP contribution in [0.15, 0.2) is 36.5 Å². The number of nitrogens with two attached hydrogens (primary N) is 1. The number of aryl methyl sites for hydroxylation is 1. The lowest BCUT2D eigenvalue weighted by Crippen LogP contribution is -1.99. The van der Waals surface area contributed by atoms with Gasteiger partial charge in [-0.3, -0.25) is 4.98 Å². The Morgan fingerprint density at radius 3 is 2.50 bits per heavy atom. The zero-order chi connectivity index (χ0) is 13.0. The molecule has 0 saturated heterocycles. The second-order valence-corrected chi connectivity index (χ2v) is 4.73. The van der Waals surface area contributed by atoms with E-state index in [9.17, 15) is 0 Å². The van der Waals surface area contributed by atoms with E-state index in [1.807, 2.05) is 18.3 Å². The van der Waals surface area contributed by atoms with Crippen molar-refractivity contribution in [3.8, 4) is 0 Å².